The predicted octanol–water partition coefficient (Wildman–Crippen LogP) is 4.40. The number of rotatable bonds is 3. The van der Waals surface area contributed by atoms with Gasteiger partial charge < -0.3 is 5.32 Å². The van der Waals surface area contributed by atoms with Gasteiger partial charge in [-0.1, -0.05) is 29.8 Å². The minimum absolute atomic E-state index is 0.533. The number of nitrogens with one attached hydrogen (secondary N) is 1. The van der Waals surface area contributed by atoms with Crippen molar-refractivity contribution >= 4 is 17.3 Å². The number of halogens is 1. The van der Waals surface area contributed by atoms with E-state index in [-0.39, 0.29) is 0 Å². The van der Waals surface area contributed by atoms with Crippen LogP contribution in [0.5, 0.6) is 0 Å². The maximum atomic E-state index is 6.23. The molecule has 0 spiro atoms. The van der Waals surface area contributed by atoms with Crippen LogP contribution in [-0.4, -0.2) is 11.0 Å². The second-order valence-corrected chi connectivity index (χ2v) is 5.63. The summed E-state index contributed by atoms with van der Waals surface area (Å²) in [5.74, 6) is 0.588. The van der Waals surface area contributed by atoms with Gasteiger partial charge in [0.2, 0.25) is 0 Å². The fourth-order valence-electron chi connectivity index (χ4n) is 2.58. The minimum atomic E-state index is 0.533. The van der Waals surface area contributed by atoms with Crippen molar-refractivity contribution in [3.8, 4) is 0 Å². The first kappa shape index (κ1) is 12.5. The van der Waals surface area contributed by atoms with Crippen molar-refractivity contribution in [3.05, 3.63) is 58.9 Å². The van der Waals surface area contributed by atoms with Crippen molar-refractivity contribution in [1.82, 2.24) is 4.98 Å². The van der Waals surface area contributed by atoms with Gasteiger partial charge >= 0.3 is 0 Å². The second-order valence-electron chi connectivity index (χ2n) is 5.22. The fraction of sp³-hybridized carbons (Fsp3) is 0.312. The Bertz CT molecular complexity index is 559. The van der Waals surface area contributed by atoms with E-state index in [1.54, 1.807) is 0 Å². The van der Waals surface area contributed by atoms with Gasteiger partial charge in [0.1, 0.15) is 0 Å². The topological polar surface area (TPSA) is 24.9 Å². The Labute approximate surface area is 118 Å². The molecule has 1 aromatic carbocycles. The molecule has 0 unspecified atom stereocenters. The van der Waals surface area contributed by atoms with Crippen molar-refractivity contribution < 1.29 is 0 Å². The summed E-state index contributed by atoms with van der Waals surface area (Å²) >= 11 is 6.23. The maximum absolute atomic E-state index is 6.23. The van der Waals surface area contributed by atoms with Crippen molar-refractivity contribution in [2.24, 2.45) is 0 Å². The molecule has 1 aromatic heterocycles. The lowest BCUT2D eigenvalue weighted by atomic mass is 9.76. The molecule has 2 aromatic rings. The Kier molecular flexibility index (Phi) is 3.43. The van der Waals surface area contributed by atoms with E-state index in [1.807, 2.05) is 31.3 Å². The summed E-state index contributed by atoms with van der Waals surface area (Å²) in [6, 6.07) is 12.8. The highest BCUT2D eigenvalue weighted by atomic mass is 35.5. The Morgan fingerprint density at radius 3 is 2.63 bits per heavy atom. The summed E-state index contributed by atoms with van der Waals surface area (Å²) < 4.78 is 0. The van der Waals surface area contributed by atoms with Gasteiger partial charge in [0.25, 0.3) is 0 Å². The first-order valence-corrected chi connectivity index (χ1v) is 7.04. The molecule has 19 heavy (non-hydrogen) atoms. The zero-order valence-electron chi connectivity index (χ0n) is 10.9. The molecule has 1 aliphatic carbocycles. The molecule has 0 saturated heterocycles. The monoisotopic (exact) mass is 272 g/mol. The number of anilines is 1. The first-order chi connectivity index (χ1) is 9.22. The van der Waals surface area contributed by atoms with Gasteiger partial charge in [0, 0.05) is 16.8 Å². The molecule has 0 bridgehead atoms. The summed E-state index contributed by atoms with van der Waals surface area (Å²) in [7, 11) is 0. The van der Waals surface area contributed by atoms with Crippen LogP contribution in [0.3, 0.4) is 0 Å². The van der Waals surface area contributed by atoms with Crippen molar-refractivity contribution in [2.75, 3.05) is 5.32 Å². The fourth-order valence-corrected chi connectivity index (χ4v) is 2.87. The van der Waals surface area contributed by atoms with Crippen LogP contribution in [0.25, 0.3) is 0 Å². The van der Waals surface area contributed by atoms with Gasteiger partial charge in [-0.3, -0.25) is 4.98 Å². The summed E-state index contributed by atoms with van der Waals surface area (Å²) in [4.78, 5) is 4.30. The molecule has 2 nitrogen and oxygen atoms in total. The summed E-state index contributed by atoms with van der Waals surface area (Å²) in [6.07, 6.45) is 4.17. The van der Waals surface area contributed by atoms with Crippen LogP contribution in [0.15, 0.2) is 42.6 Å². The van der Waals surface area contributed by atoms with Gasteiger partial charge in [0.05, 0.1) is 11.9 Å². The Balaban J connectivity index is 1.58. The second kappa shape index (κ2) is 5.22. The van der Waals surface area contributed by atoms with Gasteiger partial charge in [-0.2, -0.15) is 0 Å². The normalized spacial score (nSPS) is 21.8. The smallest absolute Gasteiger partial charge is 0.0529 e. The van der Waals surface area contributed by atoms with Crippen LogP contribution in [0.2, 0.25) is 5.02 Å². The van der Waals surface area contributed by atoms with Gasteiger partial charge in [-0.15, -0.1) is 0 Å². The van der Waals surface area contributed by atoms with Crippen LogP contribution >= 0.6 is 11.6 Å². The summed E-state index contributed by atoms with van der Waals surface area (Å²) in [6.45, 7) is 2.00. The molecular formula is C16H17ClN2. The van der Waals surface area contributed by atoms with Crippen LogP contribution < -0.4 is 5.32 Å². The molecule has 3 rings (SSSR count). The average molecular weight is 273 g/mol. The van der Waals surface area contributed by atoms with E-state index in [2.05, 4.69) is 28.5 Å². The summed E-state index contributed by atoms with van der Waals surface area (Å²) in [5.41, 5.74) is 3.44. The van der Waals surface area contributed by atoms with Crippen molar-refractivity contribution in [2.45, 2.75) is 31.7 Å². The first-order valence-electron chi connectivity index (χ1n) is 6.66. The lowest BCUT2D eigenvalue weighted by Gasteiger charge is -2.37. The molecule has 0 atom stereocenters. The molecule has 0 amide bonds. The van der Waals surface area contributed by atoms with Crippen LogP contribution in [-0.2, 0) is 0 Å². The number of pyridine rings is 1. The number of benzene rings is 1. The zero-order chi connectivity index (χ0) is 13.2. The molecule has 0 aliphatic heterocycles. The van der Waals surface area contributed by atoms with E-state index < -0.39 is 0 Å². The highest BCUT2D eigenvalue weighted by molar-refractivity contribution is 6.31. The van der Waals surface area contributed by atoms with Crippen molar-refractivity contribution in [3.63, 3.8) is 0 Å². The molecule has 3 heteroatoms. The number of nitrogens with zero attached hydrogens (tertiary/aromatic N) is 1. The van der Waals surface area contributed by atoms with Crippen molar-refractivity contribution in [1.29, 1.82) is 0 Å². The zero-order valence-corrected chi connectivity index (χ0v) is 11.7. The Hall–Kier alpha value is -1.54. The molecule has 1 N–H and O–H groups in total. The van der Waals surface area contributed by atoms with Crippen LogP contribution in [0.1, 0.15) is 30.0 Å². The molecule has 1 heterocycles. The van der Waals surface area contributed by atoms with E-state index in [9.17, 15) is 0 Å². The lowest BCUT2D eigenvalue weighted by Crippen LogP contribution is -2.34. The van der Waals surface area contributed by atoms with Gasteiger partial charge in [0.15, 0.2) is 0 Å². The Morgan fingerprint density at radius 1 is 1.16 bits per heavy atom. The highest BCUT2D eigenvalue weighted by Gasteiger charge is 2.31. The van der Waals surface area contributed by atoms with Gasteiger partial charge in [-0.25, -0.2) is 0 Å². The molecule has 1 aliphatic rings. The summed E-state index contributed by atoms with van der Waals surface area (Å²) in [5, 5.41) is 4.41. The quantitative estimate of drug-likeness (QED) is 0.896. The predicted molar refractivity (Wildman–Crippen MR) is 79.8 cm³/mol. The maximum Gasteiger partial charge on any atom is 0.0529 e. The highest BCUT2D eigenvalue weighted by Crippen LogP contribution is 2.41. The number of hydrogen-bond donors (Lipinski definition) is 1. The average Bonchev–Trinajstić information content (AvgIpc) is 2.37. The van der Waals surface area contributed by atoms with Crippen LogP contribution in [0.4, 0.5) is 5.69 Å². The number of aromatic nitrogens is 1. The van der Waals surface area contributed by atoms with E-state index in [0.717, 1.165) is 29.2 Å². The third kappa shape index (κ3) is 2.74. The SMILES string of the molecule is Cc1ccc(NC2CC(c3ccccc3Cl)C2)cn1. The molecular weight excluding hydrogens is 256 g/mol. The van der Waals surface area contributed by atoms with E-state index in [0.29, 0.717) is 12.0 Å². The van der Waals surface area contributed by atoms with E-state index >= 15 is 0 Å². The number of aryl methyl sites for hydroxylation is 1. The van der Waals surface area contributed by atoms with Crippen LogP contribution in [0, 0.1) is 6.92 Å². The minimum Gasteiger partial charge on any atom is -0.381 e. The van der Waals surface area contributed by atoms with E-state index in [1.165, 1.54) is 5.56 Å². The third-order valence-electron chi connectivity index (χ3n) is 3.77. The molecule has 98 valence electrons. The molecule has 0 radical (unpaired) electrons. The standard InChI is InChI=1S/C16H17ClN2/c1-11-6-7-13(10-18-11)19-14-8-12(9-14)15-4-2-3-5-16(15)17/h2-7,10,12,14,19H,8-9H2,1H3. The largest absolute Gasteiger partial charge is 0.381 e. The molecule has 1 saturated carbocycles. The van der Waals surface area contributed by atoms with E-state index in [4.69, 9.17) is 11.6 Å². The van der Waals surface area contributed by atoms with Gasteiger partial charge in [-0.05, 0) is 49.4 Å². The number of hydrogen-bond acceptors (Lipinski definition) is 2. The Morgan fingerprint density at radius 2 is 1.95 bits per heavy atom. The molecule has 1 fully saturated rings. The lowest BCUT2D eigenvalue weighted by molar-refractivity contribution is 0.374. The third-order valence-corrected chi connectivity index (χ3v) is 4.11.